The van der Waals surface area contributed by atoms with Crippen molar-refractivity contribution < 1.29 is 29.4 Å². The largest absolute Gasteiger partial charge is 0.481 e. The van der Waals surface area contributed by atoms with Gasteiger partial charge in [-0.05, 0) is 81.0 Å². The zero-order valence-electron chi connectivity index (χ0n) is 24.6. The number of H-pyrrole nitrogens is 2. The zero-order valence-corrected chi connectivity index (χ0v) is 24.6. The van der Waals surface area contributed by atoms with Crippen molar-refractivity contribution in [3.8, 4) is 0 Å². The van der Waals surface area contributed by atoms with E-state index in [-0.39, 0.29) is 31.6 Å². The summed E-state index contributed by atoms with van der Waals surface area (Å²) in [4.78, 5) is 57.9. The van der Waals surface area contributed by atoms with Crippen LogP contribution in [-0.4, -0.2) is 49.6 Å². The van der Waals surface area contributed by atoms with Crippen LogP contribution in [0.5, 0.6) is 0 Å². The summed E-state index contributed by atoms with van der Waals surface area (Å²) in [7, 11) is 0. The normalized spacial score (nSPS) is 16.9. The number of amides is 2. The van der Waals surface area contributed by atoms with Gasteiger partial charge in [-0.25, -0.2) is 4.99 Å². The van der Waals surface area contributed by atoms with E-state index in [9.17, 15) is 19.2 Å². The number of aliphatic imine (C=N–C) groups is 1. The Labute approximate surface area is 248 Å². The van der Waals surface area contributed by atoms with Gasteiger partial charge in [-0.3, -0.25) is 19.2 Å². The molecule has 0 bridgehead atoms. The van der Waals surface area contributed by atoms with E-state index in [0.29, 0.717) is 33.7 Å². The molecule has 0 radical (unpaired) electrons. The molecule has 0 aliphatic carbocycles. The quantitative estimate of drug-likeness (QED) is 0.271. The van der Waals surface area contributed by atoms with E-state index in [4.69, 9.17) is 10.2 Å². The number of aliphatic carboxylic acids is 2. The van der Waals surface area contributed by atoms with Crippen LogP contribution in [0.15, 0.2) is 46.1 Å². The highest BCUT2D eigenvalue weighted by Gasteiger charge is 2.25. The van der Waals surface area contributed by atoms with Crippen LogP contribution in [0.3, 0.4) is 0 Å². The molecule has 0 aromatic carbocycles. The van der Waals surface area contributed by atoms with Gasteiger partial charge in [0.1, 0.15) is 0 Å². The first kappa shape index (κ1) is 30.7. The molecule has 2 aliphatic heterocycles. The van der Waals surface area contributed by atoms with Crippen LogP contribution in [0.2, 0.25) is 0 Å². The molecule has 0 spiro atoms. The number of carbonyl (C=O) groups is 4. The maximum Gasteiger partial charge on any atom is 0.303 e. The Morgan fingerprint density at radius 1 is 0.767 bits per heavy atom. The van der Waals surface area contributed by atoms with Crippen molar-refractivity contribution in [1.82, 2.24) is 15.3 Å². The molecular weight excluding hydrogens is 548 g/mol. The number of rotatable bonds is 11. The maximum atomic E-state index is 12.5. The summed E-state index contributed by atoms with van der Waals surface area (Å²) >= 11 is 0. The fraction of sp³-hybridized carbons (Fsp3) is 0.242. The Morgan fingerprint density at radius 3 is 2.00 bits per heavy atom. The van der Waals surface area contributed by atoms with Gasteiger partial charge in [0, 0.05) is 62.9 Å². The summed E-state index contributed by atoms with van der Waals surface area (Å²) in [5.74, 6) is -2.65. The van der Waals surface area contributed by atoms with Crippen LogP contribution in [0.4, 0.5) is 0 Å². The van der Waals surface area contributed by atoms with E-state index in [2.05, 4.69) is 33.4 Å². The average Bonchev–Trinajstić information content (AvgIpc) is 3.58. The molecule has 0 fully saturated rings. The molecule has 0 unspecified atom stereocenters. The van der Waals surface area contributed by atoms with E-state index in [1.165, 1.54) is 0 Å². The highest BCUT2D eigenvalue weighted by molar-refractivity contribution is 6.30. The van der Waals surface area contributed by atoms with Gasteiger partial charge in [0.25, 0.3) is 11.8 Å². The Bertz CT molecular complexity index is 1860. The summed E-state index contributed by atoms with van der Waals surface area (Å²) in [6.07, 6.45) is 9.04. The fourth-order valence-corrected chi connectivity index (χ4v) is 5.32. The van der Waals surface area contributed by atoms with Gasteiger partial charge in [-0.2, -0.15) is 0 Å². The Morgan fingerprint density at radius 2 is 1.40 bits per heavy atom. The van der Waals surface area contributed by atoms with E-state index >= 15 is 0 Å². The number of hydrogen-bond acceptors (Lipinski definition) is 4. The van der Waals surface area contributed by atoms with Gasteiger partial charge < -0.3 is 25.5 Å². The summed E-state index contributed by atoms with van der Waals surface area (Å²) in [6.45, 7) is 15.4. The summed E-state index contributed by atoms with van der Waals surface area (Å²) in [5.41, 5.74) is 8.40. The first-order chi connectivity index (χ1) is 20.4. The first-order valence-electron chi connectivity index (χ1n) is 13.8. The molecule has 4 heterocycles. The van der Waals surface area contributed by atoms with Gasteiger partial charge in [0.15, 0.2) is 0 Å². The molecule has 0 saturated heterocycles. The topological polar surface area (TPSA) is 165 Å². The van der Waals surface area contributed by atoms with Crippen molar-refractivity contribution >= 4 is 59.8 Å². The molecule has 0 atom stereocenters. The SMILES string of the molecule is C=Cc1c(C=C2NC(=O)C(CCC(=O)O)=C2C)[nH]c(C=c2[nH]c(=CC3=NC(=O)C(CCC(=O)O)=C3C)c(C)c2C=C)c1C. The smallest absolute Gasteiger partial charge is 0.303 e. The molecule has 0 saturated carbocycles. The maximum absolute atomic E-state index is 12.5. The Hall–Kier alpha value is -5.25. The van der Waals surface area contributed by atoms with Crippen molar-refractivity contribution in [2.45, 2.75) is 53.4 Å². The van der Waals surface area contributed by atoms with Gasteiger partial charge >= 0.3 is 11.9 Å². The number of hydrogen-bond donors (Lipinski definition) is 5. The van der Waals surface area contributed by atoms with Crippen LogP contribution in [0.1, 0.15) is 73.2 Å². The minimum atomic E-state index is -0.972. The standard InChI is InChI=1S/C33H34N4O6/c1-7-20-16(3)24(13-26-18(5)22(32(42)36-26)9-11-30(38)39)34-28(20)14-25-17(4)21(8-2)29(35-25)15-27-19(6)23(33(43)37-27)10-12-31(40)41/h7-8,13-15,34-35H,1-2,9-12H2,3-6H3,(H,37,43)(H,38,39)(H,40,41). The lowest BCUT2D eigenvalue weighted by molar-refractivity contribution is -0.138. The van der Waals surface area contributed by atoms with Gasteiger partial charge in [-0.15, -0.1) is 0 Å². The highest BCUT2D eigenvalue weighted by Crippen LogP contribution is 2.28. The Kier molecular flexibility index (Phi) is 8.80. The minimum absolute atomic E-state index is 0.125. The van der Waals surface area contributed by atoms with Crippen LogP contribution >= 0.6 is 0 Å². The van der Waals surface area contributed by atoms with Crippen molar-refractivity contribution in [3.05, 3.63) is 85.5 Å². The summed E-state index contributed by atoms with van der Waals surface area (Å²) < 4.78 is 0. The van der Waals surface area contributed by atoms with Gasteiger partial charge in [0.05, 0.1) is 5.71 Å². The van der Waals surface area contributed by atoms with Crippen LogP contribution < -0.4 is 16.0 Å². The second-order valence-electron chi connectivity index (χ2n) is 10.5. The van der Waals surface area contributed by atoms with Crippen molar-refractivity contribution in [1.29, 1.82) is 0 Å². The minimum Gasteiger partial charge on any atom is -0.481 e. The zero-order chi connectivity index (χ0) is 31.6. The molecule has 4 rings (SSSR count). The molecule has 2 amide bonds. The number of allylic oxidation sites excluding steroid dienone is 2. The van der Waals surface area contributed by atoms with Crippen molar-refractivity contribution in [2.24, 2.45) is 4.99 Å². The highest BCUT2D eigenvalue weighted by atomic mass is 16.4. The molecule has 2 aliphatic rings. The molecule has 2 aromatic rings. The molecule has 43 heavy (non-hydrogen) atoms. The van der Waals surface area contributed by atoms with E-state index in [1.807, 2.05) is 26.0 Å². The van der Waals surface area contributed by atoms with Crippen LogP contribution in [-0.2, 0) is 19.2 Å². The lowest BCUT2D eigenvalue weighted by Gasteiger charge is -2.01. The van der Waals surface area contributed by atoms with E-state index < -0.39 is 17.8 Å². The second kappa shape index (κ2) is 12.3. The summed E-state index contributed by atoms with van der Waals surface area (Å²) in [5, 5.41) is 22.4. The molecule has 222 valence electrons. The van der Waals surface area contributed by atoms with E-state index in [0.717, 1.165) is 44.3 Å². The van der Waals surface area contributed by atoms with Crippen molar-refractivity contribution in [2.75, 3.05) is 0 Å². The molecule has 10 nitrogen and oxygen atoms in total. The number of nitrogens with zero attached hydrogens (tertiary/aromatic N) is 1. The third-order valence-corrected chi connectivity index (χ3v) is 7.88. The predicted molar refractivity (Wildman–Crippen MR) is 166 cm³/mol. The van der Waals surface area contributed by atoms with E-state index in [1.54, 1.807) is 32.1 Å². The fourth-order valence-electron chi connectivity index (χ4n) is 5.32. The number of carboxylic acid groups (broad SMARTS) is 2. The van der Waals surface area contributed by atoms with Crippen LogP contribution in [0.25, 0.3) is 30.4 Å². The third kappa shape index (κ3) is 6.18. The van der Waals surface area contributed by atoms with Gasteiger partial charge in [0.2, 0.25) is 0 Å². The number of aromatic nitrogens is 2. The predicted octanol–water partition coefficient (Wildman–Crippen LogP) is 3.67. The molecule has 2 aromatic heterocycles. The Balaban J connectivity index is 1.76. The molecule has 10 heteroatoms. The van der Waals surface area contributed by atoms with Crippen molar-refractivity contribution in [3.63, 3.8) is 0 Å². The lowest BCUT2D eigenvalue weighted by atomic mass is 10.0. The van der Waals surface area contributed by atoms with Crippen LogP contribution in [0, 0.1) is 13.8 Å². The van der Waals surface area contributed by atoms with Gasteiger partial charge in [-0.1, -0.05) is 25.3 Å². The number of carboxylic acids is 2. The molecular formula is C33H34N4O6. The lowest BCUT2D eigenvalue weighted by Crippen LogP contribution is -2.16. The summed E-state index contributed by atoms with van der Waals surface area (Å²) in [6, 6.07) is 0. The molecule has 5 N–H and O–H groups in total. The number of aromatic amines is 2. The third-order valence-electron chi connectivity index (χ3n) is 7.88. The monoisotopic (exact) mass is 582 g/mol. The first-order valence-corrected chi connectivity index (χ1v) is 13.8. The average molecular weight is 583 g/mol. The number of carbonyl (C=O) groups excluding carboxylic acids is 2. The number of nitrogens with one attached hydrogen (secondary N) is 3. The second-order valence-corrected chi connectivity index (χ2v) is 10.5.